The number of carbonyl (C=O) groups is 2. The molecule has 0 saturated heterocycles. The van der Waals surface area contributed by atoms with Crippen LogP contribution in [0, 0.1) is 0 Å². The Labute approximate surface area is 128 Å². The zero-order valence-corrected chi connectivity index (χ0v) is 12.3. The second-order valence-corrected chi connectivity index (χ2v) is 6.08. The van der Waals surface area contributed by atoms with Crippen LogP contribution in [0.5, 0.6) is 0 Å². The molecule has 1 amide bonds. The summed E-state index contributed by atoms with van der Waals surface area (Å²) in [5.74, 6) is -1.41. The second-order valence-electron chi connectivity index (χ2n) is 3.80. The van der Waals surface area contributed by atoms with Crippen molar-refractivity contribution in [1.82, 2.24) is 14.9 Å². The molecule has 9 heteroatoms. The Morgan fingerprint density at radius 2 is 2.20 bits per heavy atom. The number of nitrogens with zero attached hydrogens (tertiary/aromatic N) is 2. The van der Waals surface area contributed by atoms with Crippen molar-refractivity contribution in [2.45, 2.75) is 6.54 Å². The molecule has 2 aromatic rings. The van der Waals surface area contributed by atoms with Gasteiger partial charge in [0.2, 0.25) is 0 Å². The fourth-order valence-corrected chi connectivity index (χ4v) is 2.94. The van der Waals surface area contributed by atoms with Crippen molar-refractivity contribution in [2.75, 3.05) is 6.54 Å². The Morgan fingerprint density at radius 3 is 2.75 bits per heavy atom. The van der Waals surface area contributed by atoms with Crippen LogP contribution in [0.3, 0.4) is 0 Å². The lowest BCUT2D eigenvalue weighted by atomic mass is 10.3. The first kappa shape index (κ1) is 14.8. The minimum Gasteiger partial charge on any atom is -0.476 e. The van der Waals surface area contributed by atoms with Crippen molar-refractivity contribution >= 4 is 46.4 Å². The summed E-state index contributed by atoms with van der Waals surface area (Å²) in [6, 6.07) is 1.50. The number of hydrogen-bond donors (Lipinski definition) is 2. The van der Waals surface area contributed by atoms with Crippen LogP contribution >= 0.6 is 34.5 Å². The van der Waals surface area contributed by atoms with Crippen LogP contribution in [-0.4, -0.2) is 33.1 Å². The van der Waals surface area contributed by atoms with Crippen LogP contribution in [0.2, 0.25) is 8.67 Å². The topological polar surface area (TPSA) is 84.2 Å². The largest absolute Gasteiger partial charge is 0.476 e. The highest BCUT2D eigenvalue weighted by Gasteiger charge is 2.13. The Hall–Kier alpha value is -1.57. The molecular weight excluding hydrogens is 325 g/mol. The summed E-state index contributed by atoms with van der Waals surface area (Å²) in [7, 11) is 0. The summed E-state index contributed by atoms with van der Waals surface area (Å²) in [5.41, 5.74) is 0.294. The number of hydrogen-bond acceptors (Lipinski definition) is 4. The van der Waals surface area contributed by atoms with Gasteiger partial charge in [-0.1, -0.05) is 23.2 Å². The van der Waals surface area contributed by atoms with Gasteiger partial charge in [0.25, 0.3) is 5.91 Å². The number of thiophene rings is 1. The number of carboxylic acid groups (broad SMARTS) is 1. The molecule has 2 aromatic heterocycles. The lowest BCUT2D eigenvalue weighted by molar-refractivity contribution is 0.0690. The third-order valence-electron chi connectivity index (χ3n) is 2.41. The molecule has 2 N–H and O–H groups in total. The molecule has 0 aliphatic heterocycles. The SMILES string of the molecule is O=C(O)c1cn(CCNC(=O)c2cc(Cl)sc2Cl)cn1. The van der Waals surface area contributed by atoms with E-state index >= 15 is 0 Å². The average Bonchev–Trinajstić information content (AvgIpc) is 2.96. The van der Waals surface area contributed by atoms with Gasteiger partial charge >= 0.3 is 5.97 Å². The van der Waals surface area contributed by atoms with Gasteiger partial charge in [-0.2, -0.15) is 0 Å². The van der Waals surface area contributed by atoms with E-state index in [9.17, 15) is 9.59 Å². The predicted octanol–water partition coefficient (Wildman–Crippen LogP) is 2.38. The smallest absolute Gasteiger partial charge is 0.356 e. The maximum absolute atomic E-state index is 11.8. The summed E-state index contributed by atoms with van der Waals surface area (Å²) < 4.78 is 2.36. The molecule has 2 heterocycles. The Morgan fingerprint density at radius 1 is 1.45 bits per heavy atom. The Kier molecular flexibility index (Phi) is 4.64. The van der Waals surface area contributed by atoms with E-state index in [-0.39, 0.29) is 11.6 Å². The van der Waals surface area contributed by atoms with Crippen LogP contribution in [0.25, 0.3) is 0 Å². The fourth-order valence-electron chi connectivity index (χ4n) is 1.48. The molecule has 0 spiro atoms. The zero-order valence-electron chi connectivity index (χ0n) is 9.97. The van der Waals surface area contributed by atoms with Crippen LogP contribution < -0.4 is 5.32 Å². The van der Waals surface area contributed by atoms with E-state index in [1.54, 1.807) is 4.57 Å². The summed E-state index contributed by atoms with van der Waals surface area (Å²) in [5, 5.41) is 11.4. The van der Waals surface area contributed by atoms with Gasteiger partial charge in [-0.3, -0.25) is 4.79 Å². The molecule has 20 heavy (non-hydrogen) atoms. The van der Waals surface area contributed by atoms with E-state index in [4.69, 9.17) is 28.3 Å². The Bertz CT molecular complexity index is 653. The normalized spacial score (nSPS) is 10.5. The van der Waals surface area contributed by atoms with E-state index in [2.05, 4.69) is 10.3 Å². The van der Waals surface area contributed by atoms with Gasteiger partial charge in [0.15, 0.2) is 5.69 Å². The lowest BCUT2D eigenvalue weighted by Crippen LogP contribution is -2.26. The predicted molar refractivity (Wildman–Crippen MR) is 75.9 cm³/mol. The monoisotopic (exact) mass is 333 g/mol. The van der Waals surface area contributed by atoms with Crippen molar-refractivity contribution < 1.29 is 14.7 Å². The van der Waals surface area contributed by atoms with Crippen molar-refractivity contribution in [3.05, 3.63) is 38.5 Å². The maximum atomic E-state index is 11.8. The zero-order chi connectivity index (χ0) is 14.7. The number of aromatic nitrogens is 2. The quantitative estimate of drug-likeness (QED) is 0.879. The first-order valence-electron chi connectivity index (χ1n) is 5.45. The summed E-state index contributed by atoms with van der Waals surface area (Å²) in [6.45, 7) is 0.722. The number of carbonyl (C=O) groups excluding carboxylic acids is 1. The average molecular weight is 334 g/mol. The van der Waals surface area contributed by atoms with Crippen LogP contribution in [0.15, 0.2) is 18.6 Å². The molecule has 0 aliphatic rings. The number of carboxylic acids is 1. The maximum Gasteiger partial charge on any atom is 0.356 e. The highest BCUT2D eigenvalue weighted by Crippen LogP contribution is 2.30. The van der Waals surface area contributed by atoms with E-state index in [1.165, 1.54) is 18.6 Å². The number of rotatable bonds is 5. The summed E-state index contributed by atoms with van der Waals surface area (Å²) >= 11 is 12.7. The molecule has 0 saturated carbocycles. The molecule has 0 aromatic carbocycles. The van der Waals surface area contributed by atoms with Crippen LogP contribution in [0.4, 0.5) is 0 Å². The van der Waals surface area contributed by atoms with Crippen LogP contribution in [-0.2, 0) is 6.54 Å². The van der Waals surface area contributed by atoms with E-state index < -0.39 is 5.97 Å². The first-order valence-corrected chi connectivity index (χ1v) is 7.02. The Balaban J connectivity index is 1.87. The van der Waals surface area contributed by atoms with Crippen molar-refractivity contribution in [2.24, 2.45) is 0 Å². The van der Waals surface area contributed by atoms with Gasteiger partial charge in [-0.05, 0) is 6.07 Å². The fraction of sp³-hybridized carbons (Fsp3) is 0.182. The van der Waals surface area contributed by atoms with Gasteiger partial charge in [-0.15, -0.1) is 11.3 Å². The lowest BCUT2D eigenvalue weighted by Gasteiger charge is -2.04. The standard InChI is InChI=1S/C11H9Cl2N3O3S/c12-8-3-6(9(13)20-8)10(17)14-1-2-16-4-7(11(18)19)15-5-16/h3-5H,1-2H2,(H,14,17)(H,18,19). The third kappa shape index (κ3) is 3.50. The highest BCUT2D eigenvalue weighted by molar-refractivity contribution is 7.20. The molecule has 0 radical (unpaired) electrons. The molecule has 0 atom stereocenters. The van der Waals surface area contributed by atoms with E-state index in [0.29, 0.717) is 27.3 Å². The van der Waals surface area contributed by atoms with Crippen molar-refractivity contribution in [3.8, 4) is 0 Å². The van der Waals surface area contributed by atoms with Gasteiger partial charge in [0.1, 0.15) is 4.34 Å². The second kappa shape index (κ2) is 6.25. The molecular formula is C11H9Cl2N3O3S. The molecule has 0 aliphatic carbocycles. The van der Waals surface area contributed by atoms with Crippen molar-refractivity contribution in [1.29, 1.82) is 0 Å². The van der Waals surface area contributed by atoms with Gasteiger partial charge in [0, 0.05) is 19.3 Å². The number of imidazole rings is 1. The number of halogens is 2. The molecule has 6 nitrogen and oxygen atoms in total. The number of aromatic carboxylic acids is 1. The minimum absolute atomic E-state index is 0.0380. The van der Waals surface area contributed by atoms with E-state index in [0.717, 1.165) is 11.3 Å². The highest BCUT2D eigenvalue weighted by atomic mass is 35.5. The van der Waals surface area contributed by atoms with E-state index in [1.807, 2.05) is 0 Å². The summed E-state index contributed by atoms with van der Waals surface area (Å²) in [6.07, 6.45) is 2.78. The number of nitrogens with one attached hydrogen (secondary N) is 1. The van der Waals surface area contributed by atoms with Crippen molar-refractivity contribution in [3.63, 3.8) is 0 Å². The molecule has 0 fully saturated rings. The van der Waals surface area contributed by atoms with Gasteiger partial charge < -0.3 is 15.0 Å². The molecule has 106 valence electrons. The molecule has 2 rings (SSSR count). The number of amides is 1. The minimum atomic E-state index is -1.09. The van der Waals surface area contributed by atoms with Gasteiger partial charge in [0.05, 0.1) is 16.2 Å². The van der Waals surface area contributed by atoms with Gasteiger partial charge in [-0.25, -0.2) is 9.78 Å². The summed E-state index contributed by atoms with van der Waals surface area (Å²) in [4.78, 5) is 26.2. The third-order valence-corrected chi connectivity index (χ3v) is 3.90. The first-order chi connectivity index (χ1) is 9.47. The molecule has 0 bridgehead atoms. The molecule has 0 unspecified atom stereocenters. The van der Waals surface area contributed by atoms with Crippen LogP contribution in [0.1, 0.15) is 20.8 Å².